The summed E-state index contributed by atoms with van der Waals surface area (Å²) in [6.07, 6.45) is 0. The minimum absolute atomic E-state index is 0. The van der Waals surface area contributed by atoms with E-state index in [1.165, 1.54) is 24.3 Å². The minimum atomic E-state index is -4.49. The van der Waals surface area contributed by atoms with Gasteiger partial charge >= 0.3 is 16.4 Å². The second-order valence-corrected chi connectivity index (χ2v) is 3.84. The molecule has 0 radical (unpaired) electrons. The Balaban J connectivity index is 0.00000128. The van der Waals surface area contributed by atoms with Gasteiger partial charge in [-0.25, -0.2) is 4.79 Å². The van der Waals surface area contributed by atoms with Crippen LogP contribution >= 0.6 is 0 Å². The molecule has 86 valence electrons. The summed E-state index contributed by atoms with van der Waals surface area (Å²) in [5.41, 5.74) is -0.136. The molecular weight excluding hydrogens is 240 g/mol. The Hall–Kier alpha value is -1.93. The highest BCUT2D eigenvalue weighted by Crippen LogP contribution is 2.24. The summed E-state index contributed by atoms with van der Waals surface area (Å²) in [6.45, 7) is 0. The van der Waals surface area contributed by atoms with Crippen LogP contribution in [0.15, 0.2) is 24.3 Å². The first kappa shape index (κ1) is 12.1. The maximum atomic E-state index is 11.3. The average molecular weight is 246 g/mol. The van der Waals surface area contributed by atoms with Crippen LogP contribution in [0.1, 0.15) is 10.4 Å². The molecule has 0 saturated carbocycles. The highest BCUT2D eigenvalue weighted by Gasteiger charge is 2.33. The molecule has 1 aromatic rings. The molecular formula is C8H6O7S. The molecule has 2 rings (SSSR count). The van der Waals surface area contributed by atoms with Gasteiger partial charge in [-0.3, -0.25) is 4.79 Å². The van der Waals surface area contributed by atoms with Crippen LogP contribution in [0.25, 0.3) is 0 Å². The van der Waals surface area contributed by atoms with Gasteiger partial charge in [-0.1, -0.05) is 12.1 Å². The van der Waals surface area contributed by atoms with E-state index in [9.17, 15) is 18.0 Å². The Morgan fingerprint density at radius 3 is 2.31 bits per heavy atom. The Labute approximate surface area is 90.2 Å². The Bertz CT molecular complexity index is 545. The fourth-order valence-electron chi connectivity index (χ4n) is 1.09. The third-order valence-electron chi connectivity index (χ3n) is 1.69. The second kappa shape index (κ2) is 3.91. The van der Waals surface area contributed by atoms with Gasteiger partial charge in [-0.2, -0.15) is 0 Å². The fraction of sp³-hybridized carbons (Fsp3) is 0. The van der Waals surface area contributed by atoms with Crippen LogP contribution in [0.5, 0.6) is 5.75 Å². The number of hydrogen-bond acceptors (Lipinski definition) is 6. The molecule has 0 fully saturated rings. The molecule has 16 heavy (non-hydrogen) atoms. The molecule has 0 unspecified atom stereocenters. The maximum Gasteiger partial charge on any atom is 0.503 e. The maximum absolute atomic E-state index is 11.3. The molecule has 1 aromatic carbocycles. The summed E-state index contributed by atoms with van der Waals surface area (Å²) < 4.78 is 30.2. The van der Waals surface area contributed by atoms with E-state index in [1.807, 2.05) is 0 Å². The number of carbonyl (C=O) groups excluding carboxylic acids is 2. The molecule has 0 amide bonds. The number of Topliss-reactive ketones (excluding diaryl/α,β-unsaturated/α-hetero) is 1. The quantitative estimate of drug-likeness (QED) is 0.554. The zero-order valence-corrected chi connectivity index (χ0v) is 8.48. The van der Waals surface area contributed by atoms with Crippen molar-refractivity contribution in [2.75, 3.05) is 0 Å². The number of rotatable bonds is 0. The van der Waals surface area contributed by atoms with Crippen molar-refractivity contribution in [2.24, 2.45) is 0 Å². The lowest BCUT2D eigenvalue weighted by Gasteiger charge is -2.01. The first-order valence-corrected chi connectivity index (χ1v) is 5.14. The first-order chi connectivity index (χ1) is 6.99. The van der Waals surface area contributed by atoms with Gasteiger partial charge in [0.1, 0.15) is 0 Å². The SMILES string of the molecule is O.O=C1OS(=O)(=O)Oc2ccccc2C1=O. The van der Waals surface area contributed by atoms with Gasteiger partial charge in [0.15, 0.2) is 5.75 Å². The normalized spacial score (nSPS) is 17.2. The lowest BCUT2D eigenvalue weighted by atomic mass is 10.1. The fourth-order valence-corrected chi connectivity index (χ4v) is 1.75. The predicted molar refractivity (Wildman–Crippen MR) is 50.0 cm³/mol. The van der Waals surface area contributed by atoms with E-state index in [1.54, 1.807) is 0 Å². The van der Waals surface area contributed by atoms with E-state index in [4.69, 9.17) is 0 Å². The lowest BCUT2D eigenvalue weighted by Crippen LogP contribution is -2.19. The highest BCUT2D eigenvalue weighted by atomic mass is 32.3. The van der Waals surface area contributed by atoms with Crippen LogP contribution < -0.4 is 4.18 Å². The molecule has 0 bridgehead atoms. The third-order valence-corrected chi connectivity index (χ3v) is 2.43. The molecule has 0 spiro atoms. The van der Waals surface area contributed by atoms with E-state index < -0.39 is 22.2 Å². The molecule has 1 aliphatic heterocycles. The Morgan fingerprint density at radius 2 is 1.62 bits per heavy atom. The summed E-state index contributed by atoms with van der Waals surface area (Å²) in [7, 11) is -4.49. The molecule has 1 heterocycles. The largest absolute Gasteiger partial charge is 0.503 e. The van der Waals surface area contributed by atoms with Crippen molar-refractivity contribution in [1.29, 1.82) is 0 Å². The summed E-state index contributed by atoms with van der Waals surface area (Å²) in [5, 5.41) is 0. The van der Waals surface area contributed by atoms with Crippen molar-refractivity contribution in [3.05, 3.63) is 29.8 Å². The second-order valence-electron chi connectivity index (χ2n) is 2.69. The van der Waals surface area contributed by atoms with Gasteiger partial charge < -0.3 is 13.8 Å². The summed E-state index contributed by atoms with van der Waals surface area (Å²) >= 11 is 0. The topological polar surface area (TPSA) is 118 Å². The van der Waals surface area contributed by atoms with E-state index in [2.05, 4.69) is 8.37 Å². The van der Waals surface area contributed by atoms with E-state index in [0.29, 0.717) is 0 Å². The van der Waals surface area contributed by atoms with Crippen molar-refractivity contribution in [3.63, 3.8) is 0 Å². The molecule has 1 aliphatic rings. The van der Waals surface area contributed by atoms with E-state index in [0.717, 1.165) is 0 Å². The molecule has 0 aromatic heterocycles. The van der Waals surface area contributed by atoms with Gasteiger partial charge in [-0.15, -0.1) is 8.42 Å². The Kier molecular flexibility index (Phi) is 2.97. The smallest absolute Gasteiger partial charge is 0.412 e. The first-order valence-electron chi connectivity index (χ1n) is 3.81. The Morgan fingerprint density at radius 1 is 1.00 bits per heavy atom. The molecule has 0 atom stereocenters. The van der Waals surface area contributed by atoms with Crippen LogP contribution in [0, 0.1) is 0 Å². The van der Waals surface area contributed by atoms with Crippen LogP contribution in [0.2, 0.25) is 0 Å². The summed E-state index contributed by atoms with van der Waals surface area (Å²) in [4.78, 5) is 22.3. The highest BCUT2D eigenvalue weighted by molar-refractivity contribution is 7.82. The molecule has 8 heteroatoms. The van der Waals surface area contributed by atoms with Crippen molar-refractivity contribution < 1.29 is 31.8 Å². The number of benzene rings is 1. The van der Waals surface area contributed by atoms with Gasteiger partial charge in [0, 0.05) is 0 Å². The average Bonchev–Trinajstić information content (AvgIpc) is 2.23. The summed E-state index contributed by atoms with van der Waals surface area (Å²) in [6, 6.07) is 5.48. The van der Waals surface area contributed by atoms with E-state index >= 15 is 0 Å². The predicted octanol–water partition coefficient (Wildman–Crippen LogP) is -0.775. The molecule has 0 aliphatic carbocycles. The van der Waals surface area contributed by atoms with Crippen LogP contribution in [-0.2, 0) is 19.4 Å². The number of carbonyl (C=O) groups is 2. The number of hydrogen-bond donors (Lipinski definition) is 0. The van der Waals surface area contributed by atoms with Crippen LogP contribution in [0.4, 0.5) is 0 Å². The summed E-state index contributed by atoms with van der Waals surface area (Å²) in [5.74, 6) is -2.74. The number of fused-ring (bicyclic) bond motifs is 1. The standard InChI is InChI=1S/C8H4O6S.H2O/c9-7-5-3-1-2-4-6(5)13-15(11,12)14-8(7)10;/h1-4H;1H2. The molecule has 7 nitrogen and oxygen atoms in total. The lowest BCUT2D eigenvalue weighted by molar-refractivity contribution is -0.129. The van der Waals surface area contributed by atoms with Gasteiger partial charge in [-0.05, 0) is 12.1 Å². The van der Waals surface area contributed by atoms with Crippen molar-refractivity contribution >= 4 is 22.2 Å². The van der Waals surface area contributed by atoms with Crippen molar-refractivity contribution in [1.82, 2.24) is 0 Å². The number of para-hydroxylation sites is 1. The molecule has 2 N–H and O–H groups in total. The van der Waals surface area contributed by atoms with Gasteiger partial charge in [0.2, 0.25) is 0 Å². The van der Waals surface area contributed by atoms with Gasteiger partial charge in [0.25, 0.3) is 5.78 Å². The van der Waals surface area contributed by atoms with Crippen molar-refractivity contribution in [3.8, 4) is 5.75 Å². The zero-order chi connectivity index (χ0) is 11.1. The third kappa shape index (κ3) is 2.02. The van der Waals surface area contributed by atoms with Crippen molar-refractivity contribution in [2.45, 2.75) is 0 Å². The number of ketones is 1. The van der Waals surface area contributed by atoms with E-state index in [-0.39, 0.29) is 16.8 Å². The van der Waals surface area contributed by atoms with Gasteiger partial charge in [0.05, 0.1) is 5.56 Å². The molecule has 0 saturated heterocycles. The van der Waals surface area contributed by atoms with Crippen LogP contribution in [-0.4, -0.2) is 25.6 Å². The zero-order valence-electron chi connectivity index (χ0n) is 7.67. The monoisotopic (exact) mass is 246 g/mol. The minimum Gasteiger partial charge on any atom is -0.412 e. The van der Waals surface area contributed by atoms with Crippen LogP contribution in [0.3, 0.4) is 0 Å².